The number of nitro groups is 2. The van der Waals surface area contributed by atoms with Crippen LogP contribution in [0.2, 0.25) is 0 Å². The highest BCUT2D eigenvalue weighted by molar-refractivity contribution is 5.85. The molecule has 25 heteroatoms. The van der Waals surface area contributed by atoms with Gasteiger partial charge in [-0.1, -0.05) is 48.5 Å². The maximum atomic E-state index is 12.6. The van der Waals surface area contributed by atoms with Gasteiger partial charge in [-0.25, -0.2) is 0 Å². The number of rotatable bonds is 2. The SMILES string of the molecule is Cl.Nc1cc2c(cc1N)C1CC2CN(C(=O)C(F)(F)F)C1.O=C(N1CC2CC(C1)c1cc([N+](=O)[O-])c([N+](=O)[O-])cc12)C(F)(F)F.O=C(N1CC2CC(C1)c1ccccc12)C(F)(F)F.c1ccc2c(c1)C1CNCC2C1. The Hall–Kier alpha value is -6.69. The number of carbonyl (C=O) groups excluding carboxylic acids is 3. The van der Waals surface area contributed by atoms with E-state index in [1.54, 1.807) is 23.3 Å². The number of piperidine rings is 4. The standard InChI is InChI=1S/C13H10F3N3O5.C13H14F3N3O.C13H12F3NO.C11H13N.ClH/c14-13(15,16)12(20)17-4-6-1-7(5-17)9-3-11(19(23)24)10(18(21)22)2-8(6)9;14-13(15,16)12(20)19-4-6-1-7(5-19)9-3-11(18)10(17)2-8(6)9;14-13(15,16)12(18)17-6-8-5-9(7-17)11-4-2-1-3-10(8)11;1-2-4-11-9-5-8(6-12-7-9)10(11)3-1;/h2-3,6-7H,1,4-5H2;2-3,6-7H,1,4-5,17-18H2;1-4,8-9H,5-7H2;1-4,8-9,12H,5-7H2;1H. The number of nitrogen functional groups attached to an aromatic ring is 2. The van der Waals surface area contributed by atoms with Crippen LogP contribution in [0.25, 0.3) is 0 Å². The maximum absolute atomic E-state index is 12.6. The number of nitrogens with zero attached hydrogens (tertiary/aromatic N) is 5. The third-order valence-electron chi connectivity index (χ3n) is 15.7. The fourth-order valence-corrected chi connectivity index (χ4v) is 12.6. The van der Waals surface area contributed by atoms with Crippen LogP contribution in [0.1, 0.15) is 118 Å². The van der Waals surface area contributed by atoms with Gasteiger partial charge < -0.3 is 31.5 Å². The average Bonchev–Trinajstić information content (AvgIpc) is 3.97. The normalized spacial score (nSPS) is 25.0. The molecule has 4 saturated heterocycles. The number of fused-ring (bicyclic) bond motifs is 20. The molecular formula is C50H50ClF9N8O7. The topological polar surface area (TPSA) is 211 Å². The zero-order valence-electron chi connectivity index (χ0n) is 39.6. The quantitative estimate of drug-likeness (QED) is 0.0750. The molecule has 3 amide bonds. The highest BCUT2D eigenvalue weighted by Gasteiger charge is 2.51. The molecule has 0 aromatic heterocycles. The van der Waals surface area contributed by atoms with Crippen LogP contribution >= 0.6 is 12.4 Å². The second-order valence-electron chi connectivity index (χ2n) is 20.2. The minimum atomic E-state index is -5.00. The molecule has 4 aromatic rings. The zero-order valence-corrected chi connectivity index (χ0v) is 40.4. The Kier molecular flexibility index (Phi) is 14.9. The molecule has 4 fully saturated rings. The molecule has 75 heavy (non-hydrogen) atoms. The summed E-state index contributed by atoms with van der Waals surface area (Å²) in [6, 6.07) is 22.2. The van der Waals surface area contributed by atoms with Crippen molar-refractivity contribution >= 4 is 52.9 Å². The predicted molar refractivity (Wildman–Crippen MR) is 256 cm³/mol. The summed E-state index contributed by atoms with van der Waals surface area (Å²) in [7, 11) is 0. The van der Waals surface area contributed by atoms with Gasteiger partial charge in [-0.3, -0.25) is 34.6 Å². The number of anilines is 2. The van der Waals surface area contributed by atoms with E-state index < -0.39 is 69.3 Å². The van der Waals surface area contributed by atoms with Crippen LogP contribution in [0.4, 0.5) is 62.3 Å². The monoisotopic (exact) mass is 1080 g/mol. The number of hydrogen-bond acceptors (Lipinski definition) is 10. The molecule has 4 heterocycles. The van der Waals surface area contributed by atoms with Gasteiger partial charge in [-0.2, -0.15) is 39.5 Å². The third kappa shape index (κ3) is 10.8. The van der Waals surface area contributed by atoms with Crippen molar-refractivity contribution in [1.29, 1.82) is 0 Å². The Morgan fingerprint density at radius 3 is 0.960 bits per heavy atom. The number of likely N-dealkylation sites (tertiary alicyclic amines) is 3. The molecule has 0 spiro atoms. The first kappa shape index (κ1) is 54.6. The lowest BCUT2D eigenvalue weighted by molar-refractivity contribution is -0.422. The molecule has 8 aliphatic rings. The number of halogens is 10. The summed E-state index contributed by atoms with van der Waals surface area (Å²) in [5, 5.41) is 25.5. The van der Waals surface area contributed by atoms with E-state index >= 15 is 0 Å². The molecular weight excluding hydrogens is 1030 g/mol. The van der Waals surface area contributed by atoms with Gasteiger partial charge in [0.25, 0.3) is 0 Å². The number of nitro benzene ring substituents is 2. The fraction of sp³-hybridized carbons (Fsp3) is 0.460. The van der Waals surface area contributed by atoms with E-state index in [0.29, 0.717) is 33.8 Å². The zero-order chi connectivity index (χ0) is 53.3. The van der Waals surface area contributed by atoms with Crippen molar-refractivity contribution in [3.05, 3.63) is 138 Å². The van der Waals surface area contributed by atoms with Gasteiger partial charge in [0.15, 0.2) is 0 Å². The van der Waals surface area contributed by atoms with Gasteiger partial charge in [0.2, 0.25) is 0 Å². The first-order valence-electron chi connectivity index (χ1n) is 23.9. The summed E-state index contributed by atoms with van der Waals surface area (Å²) in [6.45, 7) is 2.50. The molecule has 402 valence electrons. The lowest BCUT2D eigenvalue weighted by Crippen LogP contribution is -2.46. The number of benzene rings is 4. The molecule has 15 nitrogen and oxygen atoms in total. The van der Waals surface area contributed by atoms with Crippen molar-refractivity contribution in [1.82, 2.24) is 20.0 Å². The lowest BCUT2D eigenvalue weighted by Gasteiger charge is -2.32. The van der Waals surface area contributed by atoms with Crippen molar-refractivity contribution in [3.8, 4) is 0 Å². The van der Waals surface area contributed by atoms with Gasteiger partial charge in [0.05, 0.1) is 21.2 Å². The predicted octanol–water partition coefficient (Wildman–Crippen LogP) is 9.25. The Bertz CT molecular complexity index is 2780. The summed E-state index contributed by atoms with van der Waals surface area (Å²) in [5.74, 6) is -4.86. The smallest absolute Gasteiger partial charge is 0.397 e. The Morgan fingerprint density at radius 1 is 0.453 bits per heavy atom. The van der Waals surface area contributed by atoms with Crippen molar-refractivity contribution < 1.29 is 63.7 Å². The van der Waals surface area contributed by atoms with E-state index in [4.69, 9.17) is 11.5 Å². The molecule has 12 rings (SSSR count). The molecule has 4 aliphatic heterocycles. The number of amides is 3. The van der Waals surface area contributed by atoms with E-state index in [1.165, 1.54) is 19.5 Å². The van der Waals surface area contributed by atoms with Gasteiger partial charge >= 0.3 is 47.6 Å². The molecule has 0 radical (unpaired) electrons. The highest BCUT2D eigenvalue weighted by Crippen LogP contribution is 2.51. The molecule has 5 N–H and O–H groups in total. The van der Waals surface area contributed by atoms with Crippen molar-refractivity contribution in [3.63, 3.8) is 0 Å². The fourth-order valence-electron chi connectivity index (χ4n) is 12.6. The van der Waals surface area contributed by atoms with E-state index in [0.717, 1.165) is 68.9 Å². The van der Waals surface area contributed by atoms with Crippen LogP contribution in [-0.4, -0.2) is 113 Å². The van der Waals surface area contributed by atoms with Crippen LogP contribution in [-0.2, 0) is 14.4 Å². The molecule has 8 atom stereocenters. The highest BCUT2D eigenvalue weighted by atomic mass is 35.5. The van der Waals surface area contributed by atoms with Gasteiger partial charge in [0.1, 0.15) is 0 Å². The molecule has 4 aromatic carbocycles. The van der Waals surface area contributed by atoms with Crippen molar-refractivity contribution in [2.45, 2.75) is 91.6 Å². The van der Waals surface area contributed by atoms with E-state index in [-0.39, 0.29) is 75.3 Å². The number of carbonyl (C=O) groups is 3. The number of nitrogens with one attached hydrogen (secondary N) is 1. The Balaban J connectivity index is 0.000000135. The van der Waals surface area contributed by atoms with E-state index in [2.05, 4.69) is 29.6 Å². The van der Waals surface area contributed by atoms with E-state index in [1.807, 2.05) is 24.3 Å². The average molecular weight is 1080 g/mol. The van der Waals surface area contributed by atoms with Gasteiger partial charge in [-0.15, -0.1) is 12.4 Å². The second-order valence-corrected chi connectivity index (χ2v) is 20.2. The van der Waals surface area contributed by atoms with E-state index in [9.17, 15) is 74.1 Å². The van der Waals surface area contributed by atoms with Crippen LogP contribution in [0.5, 0.6) is 0 Å². The molecule has 8 unspecified atom stereocenters. The van der Waals surface area contributed by atoms with Crippen LogP contribution < -0.4 is 16.8 Å². The maximum Gasteiger partial charge on any atom is 0.471 e. The summed E-state index contributed by atoms with van der Waals surface area (Å²) in [6.07, 6.45) is -11.2. The number of nitrogens with two attached hydrogens (primary N) is 2. The minimum absolute atomic E-state index is 0. The molecule has 0 saturated carbocycles. The minimum Gasteiger partial charge on any atom is -0.397 e. The number of alkyl halides is 9. The number of hydrogen-bond donors (Lipinski definition) is 3. The summed E-state index contributed by atoms with van der Waals surface area (Å²) in [5.41, 5.74) is 19.1. The van der Waals surface area contributed by atoms with Gasteiger partial charge in [0, 0.05) is 100.0 Å². The van der Waals surface area contributed by atoms with Crippen LogP contribution in [0.3, 0.4) is 0 Å². The lowest BCUT2D eigenvalue weighted by atomic mass is 9.95. The summed E-state index contributed by atoms with van der Waals surface area (Å²) in [4.78, 5) is 56.8. The first-order valence-corrected chi connectivity index (χ1v) is 23.9. The van der Waals surface area contributed by atoms with Crippen molar-refractivity contribution in [2.24, 2.45) is 0 Å². The largest absolute Gasteiger partial charge is 0.471 e. The third-order valence-corrected chi connectivity index (χ3v) is 15.7. The van der Waals surface area contributed by atoms with Crippen molar-refractivity contribution in [2.75, 3.05) is 63.8 Å². The second kappa shape index (κ2) is 20.4. The Labute approximate surface area is 428 Å². The first-order chi connectivity index (χ1) is 34.8. The van der Waals surface area contributed by atoms with Crippen LogP contribution in [0, 0.1) is 20.2 Å². The van der Waals surface area contributed by atoms with Crippen LogP contribution in [0.15, 0.2) is 72.8 Å². The van der Waals surface area contributed by atoms with Gasteiger partial charge in [-0.05, 0) is 94.2 Å². The molecule has 8 bridgehead atoms. The summed E-state index contributed by atoms with van der Waals surface area (Å²) < 4.78 is 113. The Morgan fingerprint density at radius 2 is 0.693 bits per heavy atom. The molecule has 4 aliphatic carbocycles. The summed E-state index contributed by atoms with van der Waals surface area (Å²) >= 11 is 0.